The molecular weight excluding hydrogens is 404 g/mol. The smallest absolute Gasteiger partial charge is 0.251 e. The molecule has 1 fully saturated rings. The van der Waals surface area contributed by atoms with Crippen molar-refractivity contribution in [3.63, 3.8) is 0 Å². The normalized spacial score (nSPS) is 15.8. The zero-order valence-corrected chi connectivity index (χ0v) is 17.9. The molecule has 1 aromatic carbocycles. The van der Waals surface area contributed by atoms with Gasteiger partial charge in [0.25, 0.3) is 5.91 Å². The van der Waals surface area contributed by atoms with Gasteiger partial charge >= 0.3 is 0 Å². The predicted octanol–water partition coefficient (Wildman–Crippen LogP) is 3.17. The highest BCUT2D eigenvalue weighted by Gasteiger charge is 2.27. The van der Waals surface area contributed by atoms with E-state index in [0.717, 1.165) is 29.4 Å². The van der Waals surface area contributed by atoms with Gasteiger partial charge in [-0.05, 0) is 30.0 Å². The number of aromatic nitrogens is 2. The Balaban J connectivity index is 1.43. The van der Waals surface area contributed by atoms with Gasteiger partial charge in [-0.15, -0.1) is 11.3 Å². The van der Waals surface area contributed by atoms with Crippen LogP contribution in [0, 0.1) is 0 Å². The fourth-order valence-electron chi connectivity index (χ4n) is 3.60. The Morgan fingerprint density at radius 2 is 1.97 bits per heavy atom. The maximum atomic E-state index is 12.8. The Labute approximate surface area is 178 Å². The third-order valence-electron chi connectivity index (χ3n) is 5.13. The SMILES string of the molecule is COc1cc(C(=O)N[C@H]2CCN(c3cc(-c4cccs4)[nH]n3)C2)cc(OC)c1OC. The summed E-state index contributed by atoms with van der Waals surface area (Å²) in [6.07, 6.45) is 0.845. The van der Waals surface area contributed by atoms with Crippen LogP contribution < -0.4 is 24.4 Å². The van der Waals surface area contributed by atoms with Crippen molar-refractivity contribution in [2.45, 2.75) is 12.5 Å². The second-order valence-electron chi connectivity index (χ2n) is 6.94. The number of nitrogens with zero attached hydrogens (tertiary/aromatic N) is 2. The number of H-pyrrole nitrogens is 1. The van der Waals surface area contributed by atoms with Crippen molar-refractivity contribution < 1.29 is 19.0 Å². The Hall–Kier alpha value is -3.20. The summed E-state index contributed by atoms with van der Waals surface area (Å²) in [6, 6.07) is 9.47. The lowest BCUT2D eigenvalue weighted by atomic mass is 10.1. The molecule has 0 unspecified atom stereocenters. The van der Waals surface area contributed by atoms with Gasteiger partial charge in [-0.2, -0.15) is 5.10 Å². The molecule has 1 saturated heterocycles. The van der Waals surface area contributed by atoms with Crippen LogP contribution in [0.2, 0.25) is 0 Å². The number of anilines is 1. The van der Waals surface area contributed by atoms with E-state index in [4.69, 9.17) is 14.2 Å². The molecule has 9 heteroatoms. The van der Waals surface area contributed by atoms with Crippen molar-refractivity contribution in [3.05, 3.63) is 41.3 Å². The molecule has 3 heterocycles. The van der Waals surface area contributed by atoms with Crippen molar-refractivity contribution in [3.8, 4) is 27.8 Å². The number of carbonyl (C=O) groups excluding carboxylic acids is 1. The van der Waals surface area contributed by atoms with Crippen molar-refractivity contribution >= 4 is 23.1 Å². The van der Waals surface area contributed by atoms with E-state index in [-0.39, 0.29) is 11.9 Å². The van der Waals surface area contributed by atoms with Crippen LogP contribution in [-0.4, -0.2) is 56.6 Å². The van der Waals surface area contributed by atoms with Gasteiger partial charge in [0, 0.05) is 30.8 Å². The first kappa shape index (κ1) is 20.1. The highest BCUT2D eigenvalue weighted by molar-refractivity contribution is 7.13. The van der Waals surface area contributed by atoms with Crippen LogP contribution in [0.3, 0.4) is 0 Å². The van der Waals surface area contributed by atoms with E-state index in [1.807, 2.05) is 11.4 Å². The molecule has 1 aliphatic rings. The number of nitrogens with one attached hydrogen (secondary N) is 2. The minimum Gasteiger partial charge on any atom is -0.493 e. The number of carbonyl (C=O) groups is 1. The van der Waals surface area contributed by atoms with E-state index in [9.17, 15) is 4.79 Å². The molecule has 1 atom stereocenters. The summed E-state index contributed by atoms with van der Waals surface area (Å²) in [5, 5.41) is 12.7. The molecule has 1 amide bonds. The van der Waals surface area contributed by atoms with Crippen molar-refractivity contribution in [2.75, 3.05) is 39.3 Å². The molecular formula is C21H24N4O4S. The number of benzene rings is 1. The van der Waals surface area contributed by atoms with Crippen molar-refractivity contribution in [2.24, 2.45) is 0 Å². The Kier molecular flexibility index (Phi) is 5.80. The second-order valence-corrected chi connectivity index (χ2v) is 7.88. The lowest BCUT2D eigenvalue weighted by Gasteiger charge is -2.17. The molecule has 0 aliphatic carbocycles. The lowest BCUT2D eigenvalue weighted by Crippen LogP contribution is -2.37. The summed E-state index contributed by atoms with van der Waals surface area (Å²) in [5.41, 5.74) is 1.47. The predicted molar refractivity (Wildman–Crippen MR) is 116 cm³/mol. The van der Waals surface area contributed by atoms with E-state index in [1.54, 1.807) is 23.5 Å². The fraction of sp³-hybridized carbons (Fsp3) is 0.333. The molecule has 2 aromatic heterocycles. The van der Waals surface area contributed by atoms with Crippen LogP contribution in [0.4, 0.5) is 5.82 Å². The number of hydrogen-bond acceptors (Lipinski definition) is 7. The first-order valence-electron chi connectivity index (χ1n) is 9.58. The van der Waals surface area contributed by atoms with E-state index in [1.165, 1.54) is 21.3 Å². The molecule has 1 aliphatic heterocycles. The number of methoxy groups -OCH3 is 3. The number of hydrogen-bond donors (Lipinski definition) is 2. The van der Waals surface area contributed by atoms with E-state index in [2.05, 4.69) is 32.5 Å². The minimum absolute atomic E-state index is 0.0264. The maximum Gasteiger partial charge on any atom is 0.251 e. The highest BCUT2D eigenvalue weighted by atomic mass is 32.1. The quantitative estimate of drug-likeness (QED) is 0.601. The summed E-state index contributed by atoms with van der Waals surface area (Å²) in [6.45, 7) is 1.53. The van der Waals surface area contributed by atoms with Gasteiger partial charge < -0.3 is 24.4 Å². The standard InChI is InChI=1S/C21H24N4O4S/c1-27-16-9-13(10-17(28-2)20(16)29-3)21(26)22-14-6-7-25(12-14)19-11-15(23-24-19)18-5-4-8-30-18/h4-5,8-11,14H,6-7,12H2,1-3H3,(H,22,26)(H,23,24)/t14-/m0/s1. The van der Waals surface area contributed by atoms with Gasteiger partial charge in [-0.1, -0.05) is 6.07 Å². The molecule has 0 spiro atoms. The maximum absolute atomic E-state index is 12.8. The summed E-state index contributed by atoms with van der Waals surface area (Å²) >= 11 is 1.67. The summed E-state index contributed by atoms with van der Waals surface area (Å²) in [4.78, 5) is 16.2. The van der Waals surface area contributed by atoms with E-state index < -0.39 is 0 Å². The van der Waals surface area contributed by atoms with E-state index in [0.29, 0.717) is 29.4 Å². The molecule has 158 valence electrons. The molecule has 0 radical (unpaired) electrons. The minimum atomic E-state index is -0.178. The summed E-state index contributed by atoms with van der Waals surface area (Å²) < 4.78 is 16.0. The molecule has 30 heavy (non-hydrogen) atoms. The first-order valence-corrected chi connectivity index (χ1v) is 10.5. The van der Waals surface area contributed by atoms with Gasteiger partial charge in [-0.25, -0.2) is 0 Å². The number of thiophene rings is 1. The topological polar surface area (TPSA) is 88.7 Å². The average molecular weight is 429 g/mol. The molecule has 4 rings (SSSR count). The molecule has 0 saturated carbocycles. The lowest BCUT2D eigenvalue weighted by molar-refractivity contribution is 0.0939. The van der Waals surface area contributed by atoms with Crippen LogP contribution in [0.5, 0.6) is 17.2 Å². The zero-order valence-electron chi connectivity index (χ0n) is 17.1. The zero-order chi connectivity index (χ0) is 21.1. The van der Waals surface area contributed by atoms with Crippen molar-refractivity contribution in [1.29, 1.82) is 0 Å². The third kappa shape index (κ3) is 3.93. The average Bonchev–Trinajstić information content (AvgIpc) is 3.53. The Morgan fingerprint density at radius 1 is 1.20 bits per heavy atom. The number of rotatable bonds is 7. The molecule has 0 bridgehead atoms. The van der Waals surface area contributed by atoms with Crippen LogP contribution in [0.1, 0.15) is 16.8 Å². The molecule has 8 nitrogen and oxygen atoms in total. The van der Waals surface area contributed by atoms with Crippen LogP contribution >= 0.6 is 11.3 Å². The van der Waals surface area contributed by atoms with Gasteiger partial charge in [0.05, 0.1) is 31.9 Å². The van der Waals surface area contributed by atoms with Gasteiger partial charge in [-0.3, -0.25) is 9.89 Å². The fourth-order valence-corrected chi connectivity index (χ4v) is 4.29. The van der Waals surface area contributed by atoms with Crippen LogP contribution in [-0.2, 0) is 0 Å². The first-order chi connectivity index (χ1) is 14.6. The van der Waals surface area contributed by atoms with Gasteiger partial charge in [0.2, 0.25) is 5.75 Å². The summed E-state index contributed by atoms with van der Waals surface area (Å²) in [7, 11) is 4.59. The molecule has 3 aromatic rings. The van der Waals surface area contributed by atoms with E-state index >= 15 is 0 Å². The van der Waals surface area contributed by atoms with Crippen LogP contribution in [0.25, 0.3) is 10.6 Å². The summed E-state index contributed by atoms with van der Waals surface area (Å²) in [5.74, 6) is 2.08. The number of amides is 1. The number of aromatic amines is 1. The van der Waals surface area contributed by atoms with Gasteiger partial charge in [0.15, 0.2) is 17.3 Å². The molecule has 2 N–H and O–H groups in total. The third-order valence-corrected chi connectivity index (χ3v) is 6.03. The largest absolute Gasteiger partial charge is 0.493 e. The monoisotopic (exact) mass is 428 g/mol. The Morgan fingerprint density at radius 3 is 2.60 bits per heavy atom. The number of ether oxygens (including phenoxy) is 3. The highest BCUT2D eigenvalue weighted by Crippen LogP contribution is 2.38. The van der Waals surface area contributed by atoms with Crippen molar-refractivity contribution in [1.82, 2.24) is 15.5 Å². The van der Waals surface area contributed by atoms with Crippen LogP contribution in [0.15, 0.2) is 35.7 Å². The second kappa shape index (κ2) is 8.66. The van der Waals surface area contributed by atoms with Gasteiger partial charge in [0.1, 0.15) is 0 Å². The Bertz CT molecular complexity index is 993.